The maximum atomic E-state index is 12.3. The van der Waals surface area contributed by atoms with Crippen LogP contribution in [0, 0.1) is 24.3 Å². The first-order chi connectivity index (χ1) is 12.3. The van der Waals surface area contributed by atoms with Crippen LogP contribution in [0.25, 0.3) is 0 Å². The Labute approximate surface area is 167 Å². The zero-order valence-corrected chi connectivity index (χ0v) is 17.5. The molecule has 0 saturated heterocycles. The molecule has 6 heteroatoms. The molecule has 5 nitrogen and oxygen atoms in total. The van der Waals surface area contributed by atoms with Gasteiger partial charge in [0.25, 0.3) is 5.91 Å². The highest BCUT2D eigenvalue weighted by Crippen LogP contribution is 2.22. The molecule has 0 aliphatic heterocycles. The fraction of sp³-hybridized carbons (Fsp3) is 0.250. The highest BCUT2D eigenvalue weighted by molar-refractivity contribution is 14.1. The summed E-state index contributed by atoms with van der Waals surface area (Å²) in [6.45, 7) is 7.68. The summed E-state index contributed by atoms with van der Waals surface area (Å²) < 4.78 is 1.05. The van der Waals surface area contributed by atoms with Gasteiger partial charge in [0.05, 0.1) is 6.42 Å². The second-order valence-corrected chi connectivity index (χ2v) is 7.54. The van der Waals surface area contributed by atoms with E-state index < -0.39 is 0 Å². The first-order valence-electron chi connectivity index (χ1n) is 8.23. The number of halogens is 1. The predicted molar refractivity (Wildman–Crippen MR) is 114 cm³/mol. The van der Waals surface area contributed by atoms with Crippen molar-refractivity contribution < 1.29 is 9.59 Å². The number of carbonyl (C=O) groups excluding carboxylic acids is 2. The van der Waals surface area contributed by atoms with Crippen LogP contribution in [-0.2, 0) is 4.79 Å². The van der Waals surface area contributed by atoms with E-state index in [0.29, 0.717) is 11.3 Å². The Bertz CT molecular complexity index is 835. The number of rotatable bonds is 5. The lowest BCUT2D eigenvalue weighted by Gasteiger charge is -2.12. The molecule has 0 aliphatic rings. The number of hydrazone groups is 1. The number of nitrogens with one attached hydrogen (secondary N) is 2. The summed E-state index contributed by atoms with van der Waals surface area (Å²) >= 11 is 2.18. The van der Waals surface area contributed by atoms with Crippen molar-refractivity contribution in [3.63, 3.8) is 0 Å². The van der Waals surface area contributed by atoms with Gasteiger partial charge in [-0.1, -0.05) is 17.7 Å². The molecule has 0 spiro atoms. The Morgan fingerprint density at radius 1 is 1.04 bits per heavy atom. The Morgan fingerprint density at radius 3 is 2.19 bits per heavy atom. The third-order valence-electron chi connectivity index (χ3n) is 3.81. The van der Waals surface area contributed by atoms with Gasteiger partial charge in [0.1, 0.15) is 0 Å². The summed E-state index contributed by atoms with van der Waals surface area (Å²) in [5.74, 6) is -0.462. The first-order valence-corrected chi connectivity index (χ1v) is 9.31. The van der Waals surface area contributed by atoms with E-state index in [-0.39, 0.29) is 18.2 Å². The summed E-state index contributed by atoms with van der Waals surface area (Å²) in [7, 11) is 0. The summed E-state index contributed by atoms with van der Waals surface area (Å²) in [5, 5.41) is 6.95. The van der Waals surface area contributed by atoms with E-state index in [4.69, 9.17) is 0 Å². The minimum absolute atomic E-state index is 0.111. The van der Waals surface area contributed by atoms with E-state index in [2.05, 4.69) is 38.4 Å². The van der Waals surface area contributed by atoms with Crippen molar-refractivity contribution in [1.82, 2.24) is 5.43 Å². The number of benzene rings is 2. The van der Waals surface area contributed by atoms with Gasteiger partial charge in [-0.15, -0.1) is 0 Å². The van der Waals surface area contributed by atoms with Crippen LogP contribution >= 0.6 is 22.6 Å². The number of anilines is 1. The number of nitrogens with zero attached hydrogens (tertiary/aromatic N) is 1. The van der Waals surface area contributed by atoms with E-state index in [1.54, 1.807) is 19.1 Å². The van der Waals surface area contributed by atoms with Crippen LogP contribution in [0.5, 0.6) is 0 Å². The molecule has 2 N–H and O–H groups in total. The van der Waals surface area contributed by atoms with Crippen molar-refractivity contribution >= 4 is 45.8 Å². The largest absolute Gasteiger partial charge is 0.325 e. The maximum absolute atomic E-state index is 12.3. The minimum Gasteiger partial charge on any atom is -0.325 e. The quantitative estimate of drug-likeness (QED) is 0.393. The molecular weight excluding hydrogens is 441 g/mol. The van der Waals surface area contributed by atoms with E-state index in [0.717, 1.165) is 25.9 Å². The van der Waals surface area contributed by atoms with Gasteiger partial charge in [0.15, 0.2) is 0 Å². The van der Waals surface area contributed by atoms with Gasteiger partial charge in [-0.3, -0.25) is 9.59 Å². The third-order valence-corrected chi connectivity index (χ3v) is 4.53. The van der Waals surface area contributed by atoms with Crippen LogP contribution in [0.2, 0.25) is 0 Å². The van der Waals surface area contributed by atoms with E-state index in [1.807, 2.05) is 45.0 Å². The molecule has 0 bridgehead atoms. The minimum atomic E-state index is -0.300. The monoisotopic (exact) mass is 463 g/mol. The fourth-order valence-electron chi connectivity index (χ4n) is 2.64. The van der Waals surface area contributed by atoms with Crippen LogP contribution in [0.15, 0.2) is 41.5 Å². The van der Waals surface area contributed by atoms with Gasteiger partial charge < -0.3 is 5.32 Å². The van der Waals surface area contributed by atoms with Crippen molar-refractivity contribution in [2.45, 2.75) is 34.1 Å². The molecule has 2 rings (SSSR count). The van der Waals surface area contributed by atoms with Crippen LogP contribution < -0.4 is 10.7 Å². The normalized spacial score (nSPS) is 11.2. The maximum Gasteiger partial charge on any atom is 0.271 e. The summed E-state index contributed by atoms with van der Waals surface area (Å²) in [4.78, 5) is 24.3. The van der Waals surface area contributed by atoms with Crippen LogP contribution in [0.4, 0.5) is 5.69 Å². The molecule has 0 fully saturated rings. The van der Waals surface area contributed by atoms with Gasteiger partial charge in [-0.25, -0.2) is 5.43 Å². The van der Waals surface area contributed by atoms with Gasteiger partial charge in [0.2, 0.25) is 5.91 Å². The van der Waals surface area contributed by atoms with E-state index in [9.17, 15) is 9.59 Å². The molecule has 2 aromatic rings. The molecule has 0 unspecified atom stereocenters. The molecule has 2 amide bonds. The Morgan fingerprint density at radius 2 is 1.62 bits per heavy atom. The summed E-state index contributed by atoms with van der Waals surface area (Å²) in [5.41, 5.74) is 7.58. The van der Waals surface area contributed by atoms with Crippen LogP contribution in [-0.4, -0.2) is 17.5 Å². The predicted octanol–water partition coefficient (Wildman–Crippen LogP) is 4.35. The van der Waals surface area contributed by atoms with Gasteiger partial charge in [0, 0.05) is 20.5 Å². The molecule has 0 aromatic heterocycles. The number of hydrogen-bond acceptors (Lipinski definition) is 3. The molecule has 0 radical (unpaired) electrons. The van der Waals surface area contributed by atoms with Crippen molar-refractivity contribution in [2.24, 2.45) is 5.10 Å². The Kier molecular flexibility index (Phi) is 6.90. The third kappa shape index (κ3) is 5.66. The lowest BCUT2D eigenvalue weighted by molar-refractivity contribution is -0.115. The first kappa shape index (κ1) is 20.1. The number of amides is 2. The number of carbonyl (C=O) groups is 2. The van der Waals surface area contributed by atoms with Crippen molar-refractivity contribution in [3.05, 3.63) is 62.2 Å². The number of aryl methyl sites for hydroxylation is 3. The molecular formula is C20H22IN3O2. The second kappa shape index (κ2) is 8.93. The van der Waals surface area contributed by atoms with Gasteiger partial charge in [-0.2, -0.15) is 5.10 Å². The second-order valence-electron chi connectivity index (χ2n) is 6.29. The molecule has 0 atom stereocenters. The zero-order valence-electron chi connectivity index (χ0n) is 15.3. The van der Waals surface area contributed by atoms with Gasteiger partial charge >= 0.3 is 0 Å². The van der Waals surface area contributed by atoms with E-state index >= 15 is 0 Å². The molecule has 26 heavy (non-hydrogen) atoms. The van der Waals surface area contributed by atoms with Crippen molar-refractivity contribution in [1.29, 1.82) is 0 Å². The lowest BCUT2D eigenvalue weighted by atomic mass is 10.0. The smallest absolute Gasteiger partial charge is 0.271 e. The van der Waals surface area contributed by atoms with Crippen LogP contribution in [0.3, 0.4) is 0 Å². The van der Waals surface area contributed by atoms with Gasteiger partial charge in [-0.05, 0) is 85.7 Å². The zero-order chi connectivity index (χ0) is 19.3. The SMILES string of the molecule is C/C(CC(=O)Nc1c(C)cc(C)cc1C)=N\NC(=O)c1ccc(I)cc1. The molecule has 0 aliphatic carbocycles. The van der Waals surface area contributed by atoms with E-state index in [1.165, 1.54) is 0 Å². The Balaban J connectivity index is 1.95. The van der Waals surface area contributed by atoms with Crippen LogP contribution in [0.1, 0.15) is 40.4 Å². The van der Waals surface area contributed by atoms with Crippen molar-refractivity contribution in [3.8, 4) is 0 Å². The molecule has 0 heterocycles. The highest BCUT2D eigenvalue weighted by atomic mass is 127. The Hall–Kier alpha value is -2.22. The highest BCUT2D eigenvalue weighted by Gasteiger charge is 2.10. The molecule has 0 saturated carbocycles. The fourth-order valence-corrected chi connectivity index (χ4v) is 3.00. The van der Waals surface area contributed by atoms with Crippen molar-refractivity contribution in [2.75, 3.05) is 5.32 Å². The average molecular weight is 463 g/mol. The standard InChI is InChI=1S/C20H22IN3O2/c1-12-9-13(2)19(14(3)10-12)22-18(25)11-15(4)23-24-20(26)16-5-7-17(21)8-6-16/h5-10H,11H2,1-4H3,(H,22,25)(H,24,26)/b23-15+. The number of hydrogen-bond donors (Lipinski definition) is 2. The lowest BCUT2D eigenvalue weighted by Crippen LogP contribution is -2.22. The summed E-state index contributed by atoms with van der Waals surface area (Å²) in [6.07, 6.45) is 0.111. The average Bonchev–Trinajstić information content (AvgIpc) is 2.56. The summed E-state index contributed by atoms with van der Waals surface area (Å²) in [6, 6.07) is 11.2. The topological polar surface area (TPSA) is 70.6 Å². The molecule has 136 valence electrons. The molecule has 2 aromatic carbocycles.